The van der Waals surface area contributed by atoms with E-state index in [-0.39, 0.29) is 25.0 Å². The van der Waals surface area contributed by atoms with Crippen LogP contribution in [0.25, 0.3) is 0 Å². The van der Waals surface area contributed by atoms with E-state index < -0.39 is 10.0 Å². The highest BCUT2D eigenvalue weighted by atomic mass is 32.2. The zero-order chi connectivity index (χ0) is 16.8. The molecule has 0 aromatic heterocycles. The Hall–Kier alpha value is -1.40. The third-order valence-corrected chi connectivity index (χ3v) is 4.82. The predicted octanol–water partition coefficient (Wildman–Crippen LogP) is 2.06. The molecular formula is C16H26N2O3S. The average Bonchev–Trinajstić information content (AvgIpc) is 2.45. The molecule has 0 bridgehead atoms. The molecule has 124 valence electrons. The summed E-state index contributed by atoms with van der Waals surface area (Å²) < 4.78 is 25.0. The van der Waals surface area contributed by atoms with Gasteiger partial charge in [0.25, 0.3) is 0 Å². The van der Waals surface area contributed by atoms with Gasteiger partial charge in [0.2, 0.25) is 15.9 Å². The minimum atomic E-state index is -3.45. The summed E-state index contributed by atoms with van der Waals surface area (Å²) in [5.41, 5.74) is 1.98. The normalized spacial score (nSPS) is 11.9. The van der Waals surface area contributed by atoms with E-state index in [0.29, 0.717) is 0 Å². The maximum Gasteiger partial charge on any atom is 0.235 e. The predicted molar refractivity (Wildman–Crippen MR) is 88.9 cm³/mol. The molecule has 0 saturated carbocycles. The molecule has 5 nitrogen and oxygen atoms in total. The van der Waals surface area contributed by atoms with E-state index >= 15 is 0 Å². The zero-order valence-corrected chi connectivity index (χ0v) is 14.6. The molecule has 1 rings (SSSR count). The smallest absolute Gasteiger partial charge is 0.235 e. The lowest BCUT2D eigenvalue weighted by atomic mass is 10.1. The molecule has 1 amide bonds. The van der Waals surface area contributed by atoms with Crippen LogP contribution >= 0.6 is 0 Å². The number of nitrogens with zero attached hydrogens (tertiary/aromatic N) is 1. The number of benzene rings is 1. The topological polar surface area (TPSA) is 66.5 Å². The SMILES string of the molecule is CCC(CC)NC(=O)CN(Cc1ccc(C)cc1)S(C)(=O)=O. The maximum atomic E-state index is 12.1. The summed E-state index contributed by atoms with van der Waals surface area (Å²) in [4.78, 5) is 12.1. The van der Waals surface area contributed by atoms with Gasteiger partial charge in [-0.2, -0.15) is 4.31 Å². The van der Waals surface area contributed by atoms with E-state index in [0.717, 1.165) is 30.2 Å². The Bertz CT molecular complexity index is 578. The van der Waals surface area contributed by atoms with Crippen molar-refractivity contribution in [1.29, 1.82) is 0 Å². The average molecular weight is 326 g/mol. The van der Waals surface area contributed by atoms with Crippen molar-refractivity contribution in [3.05, 3.63) is 35.4 Å². The quantitative estimate of drug-likeness (QED) is 0.795. The van der Waals surface area contributed by atoms with Gasteiger partial charge < -0.3 is 5.32 Å². The number of sulfonamides is 1. The Labute approximate surface area is 133 Å². The van der Waals surface area contributed by atoms with E-state index in [2.05, 4.69) is 5.32 Å². The van der Waals surface area contributed by atoms with Crippen molar-refractivity contribution in [2.24, 2.45) is 0 Å². The molecule has 0 atom stereocenters. The van der Waals surface area contributed by atoms with Crippen LogP contribution in [0.1, 0.15) is 37.8 Å². The van der Waals surface area contributed by atoms with E-state index in [1.54, 1.807) is 0 Å². The number of rotatable bonds is 8. The first-order chi connectivity index (χ1) is 10.3. The lowest BCUT2D eigenvalue weighted by Crippen LogP contribution is -2.43. The Morgan fingerprint density at radius 1 is 1.18 bits per heavy atom. The number of hydrogen-bond donors (Lipinski definition) is 1. The van der Waals surface area contributed by atoms with Crippen LogP contribution < -0.4 is 5.32 Å². The molecule has 0 unspecified atom stereocenters. The third kappa shape index (κ3) is 6.15. The largest absolute Gasteiger partial charge is 0.352 e. The first kappa shape index (κ1) is 18.6. The van der Waals surface area contributed by atoms with Crippen molar-refractivity contribution in [3.63, 3.8) is 0 Å². The fourth-order valence-electron chi connectivity index (χ4n) is 2.11. The Morgan fingerprint density at radius 2 is 1.73 bits per heavy atom. The van der Waals surface area contributed by atoms with Crippen molar-refractivity contribution in [3.8, 4) is 0 Å². The van der Waals surface area contributed by atoms with Gasteiger partial charge in [0.1, 0.15) is 0 Å². The van der Waals surface area contributed by atoms with Crippen LogP contribution in [0, 0.1) is 6.92 Å². The minimum absolute atomic E-state index is 0.0910. The molecule has 1 aromatic carbocycles. The van der Waals surface area contributed by atoms with Gasteiger partial charge >= 0.3 is 0 Å². The fraction of sp³-hybridized carbons (Fsp3) is 0.562. The van der Waals surface area contributed by atoms with Crippen LogP contribution in [0.15, 0.2) is 24.3 Å². The summed E-state index contributed by atoms with van der Waals surface area (Å²) in [5.74, 6) is -0.258. The molecule has 0 aliphatic heterocycles. The lowest BCUT2D eigenvalue weighted by Gasteiger charge is -2.21. The zero-order valence-electron chi connectivity index (χ0n) is 13.8. The third-order valence-electron chi connectivity index (χ3n) is 3.62. The van der Waals surface area contributed by atoms with Gasteiger partial charge in [-0.15, -0.1) is 0 Å². The van der Waals surface area contributed by atoms with Crippen molar-refractivity contribution in [2.45, 2.75) is 46.2 Å². The first-order valence-electron chi connectivity index (χ1n) is 7.56. The van der Waals surface area contributed by atoms with Gasteiger partial charge in [0, 0.05) is 12.6 Å². The number of hydrogen-bond acceptors (Lipinski definition) is 3. The number of amides is 1. The van der Waals surface area contributed by atoms with Gasteiger partial charge in [0.05, 0.1) is 12.8 Å². The summed E-state index contributed by atoms with van der Waals surface area (Å²) in [7, 11) is -3.45. The van der Waals surface area contributed by atoms with Crippen LogP contribution in [-0.2, 0) is 21.4 Å². The van der Waals surface area contributed by atoms with Gasteiger partial charge in [-0.1, -0.05) is 43.7 Å². The standard InChI is InChI=1S/C16H26N2O3S/c1-5-15(6-2)17-16(19)12-18(22(4,20)21)11-14-9-7-13(3)8-10-14/h7-10,15H,5-6,11-12H2,1-4H3,(H,17,19). The lowest BCUT2D eigenvalue weighted by molar-refractivity contribution is -0.122. The molecule has 0 aliphatic carbocycles. The fourth-order valence-corrected chi connectivity index (χ4v) is 2.85. The molecule has 0 heterocycles. The van der Waals surface area contributed by atoms with E-state index in [9.17, 15) is 13.2 Å². The number of carbonyl (C=O) groups excluding carboxylic acids is 1. The summed E-state index contributed by atoms with van der Waals surface area (Å²) in [5, 5.41) is 2.87. The Kier molecular flexibility index (Phi) is 7.03. The van der Waals surface area contributed by atoms with Crippen molar-refractivity contribution in [1.82, 2.24) is 9.62 Å². The molecule has 6 heteroatoms. The number of nitrogens with one attached hydrogen (secondary N) is 1. The highest BCUT2D eigenvalue weighted by Crippen LogP contribution is 2.10. The van der Waals surface area contributed by atoms with Gasteiger partial charge in [-0.3, -0.25) is 4.79 Å². The number of carbonyl (C=O) groups is 1. The molecule has 22 heavy (non-hydrogen) atoms. The molecule has 0 saturated heterocycles. The molecular weight excluding hydrogens is 300 g/mol. The summed E-state index contributed by atoms with van der Waals surface area (Å²) in [6.07, 6.45) is 2.80. The van der Waals surface area contributed by atoms with Crippen molar-refractivity contribution >= 4 is 15.9 Å². The van der Waals surface area contributed by atoms with E-state index in [1.807, 2.05) is 45.0 Å². The van der Waals surface area contributed by atoms with Gasteiger partial charge in [0.15, 0.2) is 0 Å². The summed E-state index contributed by atoms with van der Waals surface area (Å²) >= 11 is 0. The van der Waals surface area contributed by atoms with Crippen LogP contribution in [0.5, 0.6) is 0 Å². The molecule has 1 aromatic rings. The van der Waals surface area contributed by atoms with Crippen LogP contribution in [0.2, 0.25) is 0 Å². The van der Waals surface area contributed by atoms with E-state index in [1.165, 1.54) is 4.31 Å². The number of aryl methyl sites for hydroxylation is 1. The molecule has 0 radical (unpaired) electrons. The second-order valence-electron chi connectivity index (χ2n) is 5.60. The van der Waals surface area contributed by atoms with E-state index in [4.69, 9.17) is 0 Å². The first-order valence-corrected chi connectivity index (χ1v) is 9.41. The maximum absolute atomic E-state index is 12.1. The minimum Gasteiger partial charge on any atom is -0.352 e. The van der Waals surface area contributed by atoms with Crippen molar-refractivity contribution < 1.29 is 13.2 Å². The molecule has 1 N–H and O–H groups in total. The van der Waals surface area contributed by atoms with Crippen LogP contribution in [-0.4, -0.2) is 37.5 Å². The molecule has 0 aliphatic rings. The van der Waals surface area contributed by atoms with Crippen LogP contribution in [0.4, 0.5) is 0 Å². The Morgan fingerprint density at radius 3 is 2.18 bits per heavy atom. The van der Waals surface area contributed by atoms with Gasteiger partial charge in [-0.25, -0.2) is 8.42 Å². The second kappa shape index (κ2) is 8.29. The van der Waals surface area contributed by atoms with Crippen molar-refractivity contribution in [2.75, 3.05) is 12.8 Å². The van der Waals surface area contributed by atoms with Crippen LogP contribution in [0.3, 0.4) is 0 Å². The second-order valence-corrected chi connectivity index (χ2v) is 7.58. The molecule has 0 spiro atoms. The Balaban J connectivity index is 2.77. The molecule has 0 fully saturated rings. The highest BCUT2D eigenvalue weighted by Gasteiger charge is 2.21. The monoisotopic (exact) mass is 326 g/mol. The van der Waals surface area contributed by atoms with Gasteiger partial charge in [-0.05, 0) is 25.3 Å². The summed E-state index contributed by atoms with van der Waals surface area (Å²) in [6.45, 7) is 6.02. The summed E-state index contributed by atoms with van der Waals surface area (Å²) in [6, 6.07) is 7.71. The highest BCUT2D eigenvalue weighted by molar-refractivity contribution is 7.88.